The second kappa shape index (κ2) is 7.78. The maximum atomic E-state index is 12.1. The average Bonchev–Trinajstić information content (AvgIpc) is 2.50. The van der Waals surface area contributed by atoms with Crippen LogP contribution in [0.25, 0.3) is 0 Å². The first-order valence-electron chi connectivity index (χ1n) is 6.85. The minimum atomic E-state index is -0.177. The van der Waals surface area contributed by atoms with Crippen molar-refractivity contribution in [3.05, 3.63) is 52.8 Å². The van der Waals surface area contributed by atoms with E-state index in [4.69, 9.17) is 4.74 Å². The summed E-state index contributed by atoms with van der Waals surface area (Å²) in [5.41, 5.74) is 1.22. The molecule has 2 aromatic rings. The Labute approximate surface area is 132 Å². The normalized spacial score (nSPS) is 10.2. The third-order valence-corrected chi connectivity index (χ3v) is 3.52. The highest BCUT2D eigenvalue weighted by molar-refractivity contribution is 9.10. The number of carbonyl (C=O) groups excluding carboxylic acids is 1. The van der Waals surface area contributed by atoms with Crippen molar-refractivity contribution in [1.82, 2.24) is 4.98 Å². The highest BCUT2D eigenvalue weighted by atomic mass is 79.9. The van der Waals surface area contributed by atoms with Gasteiger partial charge in [-0.2, -0.15) is 0 Å². The molecule has 0 aliphatic rings. The number of aromatic nitrogens is 1. The Morgan fingerprint density at radius 1 is 1.29 bits per heavy atom. The van der Waals surface area contributed by atoms with Crippen LogP contribution < -0.4 is 10.1 Å². The SMILES string of the molecule is CCCCOc1ccc(C(=O)Nc2cccnc2Br)cc1. The average molecular weight is 349 g/mol. The highest BCUT2D eigenvalue weighted by Gasteiger charge is 2.08. The predicted octanol–water partition coefficient (Wildman–Crippen LogP) is 4.28. The minimum absolute atomic E-state index is 0.177. The van der Waals surface area contributed by atoms with Crippen LogP contribution in [0.5, 0.6) is 5.75 Å². The maximum Gasteiger partial charge on any atom is 0.255 e. The molecule has 1 N–H and O–H groups in total. The third-order valence-electron chi connectivity index (χ3n) is 2.89. The summed E-state index contributed by atoms with van der Waals surface area (Å²) in [4.78, 5) is 16.2. The number of anilines is 1. The summed E-state index contributed by atoms with van der Waals surface area (Å²) < 4.78 is 6.18. The Hall–Kier alpha value is -1.88. The molecule has 0 saturated heterocycles. The summed E-state index contributed by atoms with van der Waals surface area (Å²) in [6, 6.07) is 10.7. The number of unbranched alkanes of at least 4 members (excludes halogenated alkanes) is 1. The van der Waals surface area contributed by atoms with Gasteiger partial charge >= 0.3 is 0 Å². The predicted molar refractivity (Wildman–Crippen MR) is 86.7 cm³/mol. The van der Waals surface area contributed by atoms with E-state index in [1.807, 2.05) is 12.1 Å². The molecule has 0 spiro atoms. The van der Waals surface area contributed by atoms with E-state index in [-0.39, 0.29) is 5.91 Å². The zero-order valence-electron chi connectivity index (χ0n) is 11.8. The van der Waals surface area contributed by atoms with Crippen LogP contribution >= 0.6 is 15.9 Å². The summed E-state index contributed by atoms with van der Waals surface area (Å²) >= 11 is 3.30. The van der Waals surface area contributed by atoms with Crippen LogP contribution in [-0.4, -0.2) is 17.5 Å². The molecule has 1 amide bonds. The number of amides is 1. The summed E-state index contributed by atoms with van der Waals surface area (Å²) in [6.45, 7) is 2.82. The first-order valence-corrected chi connectivity index (χ1v) is 7.64. The third kappa shape index (κ3) is 4.56. The van der Waals surface area contributed by atoms with Crippen molar-refractivity contribution in [2.24, 2.45) is 0 Å². The number of nitrogens with zero attached hydrogens (tertiary/aromatic N) is 1. The van der Waals surface area contributed by atoms with E-state index in [1.165, 1.54) is 0 Å². The lowest BCUT2D eigenvalue weighted by molar-refractivity contribution is 0.102. The van der Waals surface area contributed by atoms with Crippen LogP contribution in [0.4, 0.5) is 5.69 Å². The van der Waals surface area contributed by atoms with Crippen molar-refractivity contribution in [3.8, 4) is 5.75 Å². The minimum Gasteiger partial charge on any atom is -0.494 e. The molecule has 21 heavy (non-hydrogen) atoms. The number of pyridine rings is 1. The molecule has 0 aliphatic carbocycles. The van der Waals surface area contributed by atoms with Crippen LogP contribution in [0, 0.1) is 0 Å². The first-order chi connectivity index (χ1) is 10.2. The topological polar surface area (TPSA) is 51.2 Å². The van der Waals surface area contributed by atoms with Gasteiger partial charge < -0.3 is 10.1 Å². The smallest absolute Gasteiger partial charge is 0.255 e. The van der Waals surface area contributed by atoms with Gasteiger partial charge in [-0.3, -0.25) is 4.79 Å². The lowest BCUT2D eigenvalue weighted by atomic mass is 10.2. The number of ether oxygens (including phenoxy) is 1. The summed E-state index contributed by atoms with van der Waals surface area (Å²) in [5.74, 6) is 0.603. The molecule has 1 heterocycles. The van der Waals surface area contributed by atoms with Crippen molar-refractivity contribution in [2.75, 3.05) is 11.9 Å². The van der Waals surface area contributed by atoms with Gasteiger partial charge in [-0.25, -0.2) is 4.98 Å². The zero-order chi connectivity index (χ0) is 15.1. The van der Waals surface area contributed by atoms with Gasteiger partial charge in [0, 0.05) is 11.8 Å². The van der Waals surface area contributed by atoms with Crippen LogP contribution in [0.1, 0.15) is 30.1 Å². The van der Waals surface area contributed by atoms with E-state index >= 15 is 0 Å². The number of hydrogen-bond donors (Lipinski definition) is 1. The molecule has 1 aromatic carbocycles. The van der Waals surface area contributed by atoms with E-state index in [1.54, 1.807) is 30.5 Å². The summed E-state index contributed by atoms with van der Waals surface area (Å²) in [7, 11) is 0. The quantitative estimate of drug-likeness (QED) is 0.626. The lowest BCUT2D eigenvalue weighted by Gasteiger charge is -2.08. The van der Waals surface area contributed by atoms with Crippen LogP contribution in [0.2, 0.25) is 0 Å². The molecule has 0 aliphatic heterocycles. The highest BCUT2D eigenvalue weighted by Crippen LogP contribution is 2.20. The molecule has 4 nitrogen and oxygen atoms in total. The fraction of sp³-hybridized carbons (Fsp3) is 0.250. The maximum absolute atomic E-state index is 12.1. The summed E-state index contributed by atoms with van der Waals surface area (Å²) in [5, 5.41) is 2.81. The largest absolute Gasteiger partial charge is 0.494 e. The Morgan fingerprint density at radius 2 is 2.05 bits per heavy atom. The van der Waals surface area contributed by atoms with Gasteiger partial charge in [0.15, 0.2) is 0 Å². The molecule has 0 radical (unpaired) electrons. The number of rotatable bonds is 6. The Kier molecular flexibility index (Phi) is 5.75. The van der Waals surface area contributed by atoms with E-state index in [9.17, 15) is 4.79 Å². The number of carbonyl (C=O) groups is 1. The first kappa shape index (κ1) is 15.5. The van der Waals surface area contributed by atoms with E-state index in [0.717, 1.165) is 18.6 Å². The molecular formula is C16H17BrN2O2. The van der Waals surface area contributed by atoms with Gasteiger partial charge in [0.25, 0.3) is 5.91 Å². The van der Waals surface area contributed by atoms with Crippen molar-refractivity contribution in [3.63, 3.8) is 0 Å². The van der Waals surface area contributed by atoms with Gasteiger partial charge in [0.05, 0.1) is 12.3 Å². The number of hydrogen-bond acceptors (Lipinski definition) is 3. The van der Waals surface area contributed by atoms with Crippen LogP contribution in [0.15, 0.2) is 47.2 Å². The second-order valence-electron chi connectivity index (χ2n) is 4.52. The van der Waals surface area contributed by atoms with Gasteiger partial charge in [-0.1, -0.05) is 13.3 Å². The molecule has 0 unspecified atom stereocenters. The summed E-state index contributed by atoms with van der Waals surface area (Å²) in [6.07, 6.45) is 3.78. The molecule has 0 fully saturated rings. The molecular weight excluding hydrogens is 332 g/mol. The van der Waals surface area contributed by atoms with Gasteiger partial charge in [0.1, 0.15) is 10.4 Å². The fourth-order valence-corrected chi connectivity index (χ4v) is 2.06. The zero-order valence-corrected chi connectivity index (χ0v) is 13.4. The molecule has 110 valence electrons. The van der Waals surface area contributed by atoms with E-state index in [2.05, 4.69) is 33.2 Å². The van der Waals surface area contributed by atoms with Gasteiger partial charge in [-0.15, -0.1) is 0 Å². The van der Waals surface area contributed by atoms with Crippen molar-refractivity contribution >= 4 is 27.5 Å². The Bertz CT molecular complexity index is 599. The molecule has 5 heteroatoms. The van der Waals surface area contributed by atoms with Crippen molar-refractivity contribution < 1.29 is 9.53 Å². The lowest BCUT2D eigenvalue weighted by Crippen LogP contribution is -2.12. The van der Waals surface area contributed by atoms with E-state index < -0.39 is 0 Å². The Balaban J connectivity index is 1.98. The number of halogens is 1. The molecule has 1 aromatic heterocycles. The fourth-order valence-electron chi connectivity index (χ4n) is 1.71. The second-order valence-corrected chi connectivity index (χ2v) is 5.27. The standard InChI is InChI=1S/C16H17BrN2O2/c1-2-3-11-21-13-8-6-12(7-9-13)16(20)19-14-5-4-10-18-15(14)17/h4-10H,2-3,11H2,1H3,(H,19,20). The molecule has 0 saturated carbocycles. The van der Waals surface area contributed by atoms with E-state index in [0.29, 0.717) is 22.5 Å². The molecule has 2 rings (SSSR count). The monoisotopic (exact) mass is 348 g/mol. The van der Waals surface area contributed by atoms with Crippen molar-refractivity contribution in [1.29, 1.82) is 0 Å². The van der Waals surface area contributed by atoms with Crippen LogP contribution in [0.3, 0.4) is 0 Å². The number of benzene rings is 1. The number of nitrogens with one attached hydrogen (secondary N) is 1. The van der Waals surface area contributed by atoms with Gasteiger partial charge in [0.2, 0.25) is 0 Å². The Morgan fingerprint density at radius 3 is 2.71 bits per heavy atom. The van der Waals surface area contributed by atoms with Crippen molar-refractivity contribution in [2.45, 2.75) is 19.8 Å². The molecule has 0 atom stereocenters. The van der Waals surface area contributed by atoms with Crippen LogP contribution in [-0.2, 0) is 0 Å². The van der Waals surface area contributed by atoms with Gasteiger partial charge in [-0.05, 0) is 58.7 Å². The molecule has 0 bridgehead atoms.